The first-order valence-corrected chi connectivity index (χ1v) is 11.6. The average Bonchev–Trinajstić information content (AvgIpc) is 2.71. The molecule has 166 valence electrons. The van der Waals surface area contributed by atoms with Gasteiger partial charge >= 0.3 is 0 Å². The van der Waals surface area contributed by atoms with Crippen LogP contribution in [0.15, 0.2) is 41.3 Å². The standard InChI is InChI=1S/C12H17NO2.C11H16O3S/c1-8(2)10-6-5-9(12(14)13-3)7-11(10)15-4;1-8(2)10-6-5-9(15(4,12)13)7-11(10)14-3/h5-8H,1-4H3,(H,13,14);5-8H,1-4H3. The van der Waals surface area contributed by atoms with Crippen LogP contribution >= 0.6 is 0 Å². The fourth-order valence-electron chi connectivity index (χ4n) is 2.87. The fraction of sp³-hybridized carbons (Fsp3) is 0.435. The second-order valence-electron chi connectivity index (χ2n) is 7.52. The third-order valence-electron chi connectivity index (χ3n) is 4.60. The van der Waals surface area contributed by atoms with E-state index < -0.39 is 9.84 Å². The van der Waals surface area contributed by atoms with E-state index in [-0.39, 0.29) is 5.91 Å². The van der Waals surface area contributed by atoms with E-state index >= 15 is 0 Å². The second kappa shape index (κ2) is 11.0. The van der Waals surface area contributed by atoms with Gasteiger partial charge in [0.25, 0.3) is 5.91 Å². The van der Waals surface area contributed by atoms with Gasteiger partial charge in [-0.1, -0.05) is 39.8 Å². The van der Waals surface area contributed by atoms with Gasteiger partial charge in [0.1, 0.15) is 11.5 Å². The van der Waals surface area contributed by atoms with Gasteiger partial charge < -0.3 is 14.8 Å². The summed E-state index contributed by atoms with van der Waals surface area (Å²) in [4.78, 5) is 11.7. The quantitative estimate of drug-likeness (QED) is 0.727. The molecule has 0 aliphatic rings. The lowest BCUT2D eigenvalue weighted by Crippen LogP contribution is -2.17. The summed E-state index contributed by atoms with van der Waals surface area (Å²) in [5, 5.41) is 2.59. The number of sulfone groups is 1. The molecule has 0 radical (unpaired) electrons. The Kier molecular flexibility index (Phi) is 9.36. The Balaban J connectivity index is 0.000000300. The topological polar surface area (TPSA) is 81.7 Å². The molecule has 0 atom stereocenters. The van der Waals surface area contributed by atoms with Gasteiger partial charge in [-0.25, -0.2) is 8.42 Å². The molecule has 2 rings (SSSR count). The molecule has 7 heteroatoms. The zero-order valence-corrected chi connectivity index (χ0v) is 19.9. The highest BCUT2D eigenvalue weighted by Gasteiger charge is 2.13. The monoisotopic (exact) mass is 435 g/mol. The Morgan fingerprint density at radius 1 is 0.867 bits per heavy atom. The fourth-order valence-corrected chi connectivity index (χ4v) is 3.51. The van der Waals surface area contributed by atoms with Crippen molar-refractivity contribution in [3.8, 4) is 11.5 Å². The molecule has 0 saturated carbocycles. The third kappa shape index (κ3) is 6.76. The average molecular weight is 436 g/mol. The zero-order chi connectivity index (χ0) is 23.1. The summed E-state index contributed by atoms with van der Waals surface area (Å²) < 4.78 is 33.1. The third-order valence-corrected chi connectivity index (χ3v) is 5.71. The van der Waals surface area contributed by atoms with Crippen molar-refractivity contribution < 1.29 is 22.7 Å². The molecule has 2 aromatic carbocycles. The van der Waals surface area contributed by atoms with Gasteiger partial charge in [-0.2, -0.15) is 0 Å². The summed E-state index contributed by atoms with van der Waals surface area (Å²) in [5.74, 6) is 2.01. The minimum atomic E-state index is -3.16. The molecule has 0 aromatic heterocycles. The van der Waals surface area contributed by atoms with Crippen LogP contribution in [0.4, 0.5) is 0 Å². The Bertz CT molecular complexity index is 966. The van der Waals surface area contributed by atoms with Crippen molar-refractivity contribution >= 4 is 15.7 Å². The number of amides is 1. The van der Waals surface area contributed by atoms with Crippen molar-refractivity contribution in [3.05, 3.63) is 53.1 Å². The molecule has 0 bridgehead atoms. The summed E-state index contributed by atoms with van der Waals surface area (Å²) in [6, 6.07) is 10.5. The van der Waals surface area contributed by atoms with E-state index in [9.17, 15) is 13.2 Å². The minimum absolute atomic E-state index is 0.0939. The minimum Gasteiger partial charge on any atom is -0.496 e. The van der Waals surface area contributed by atoms with E-state index in [0.29, 0.717) is 28.0 Å². The highest BCUT2D eigenvalue weighted by molar-refractivity contribution is 7.90. The van der Waals surface area contributed by atoms with Crippen LogP contribution in [0.5, 0.6) is 11.5 Å². The number of hydrogen-bond donors (Lipinski definition) is 1. The van der Waals surface area contributed by atoms with Crippen LogP contribution in [0.25, 0.3) is 0 Å². The predicted molar refractivity (Wildman–Crippen MR) is 121 cm³/mol. The summed E-state index contributed by atoms with van der Waals surface area (Å²) in [5.41, 5.74) is 2.76. The summed E-state index contributed by atoms with van der Waals surface area (Å²) >= 11 is 0. The Morgan fingerprint density at radius 3 is 1.73 bits per heavy atom. The number of carbonyl (C=O) groups excluding carboxylic acids is 1. The lowest BCUT2D eigenvalue weighted by Gasteiger charge is -2.12. The molecule has 1 N–H and O–H groups in total. The molecular weight excluding hydrogens is 402 g/mol. The van der Waals surface area contributed by atoms with E-state index in [0.717, 1.165) is 16.9 Å². The number of benzene rings is 2. The molecule has 6 nitrogen and oxygen atoms in total. The van der Waals surface area contributed by atoms with Crippen LogP contribution in [-0.2, 0) is 9.84 Å². The molecular formula is C23H33NO5S. The summed E-state index contributed by atoms with van der Waals surface area (Å²) in [7, 11) is 1.63. The van der Waals surface area contributed by atoms with Gasteiger partial charge in [0.15, 0.2) is 9.84 Å². The van der Waals surface area contributed by atoms with Crippen molar-refractivity contribution in [1.82, 2.24) is 5.32 Å². The predicted octanol–water partition coefficient (Wildman–Crippen LogP) is 4.40. The van der Waals surface area contributed by atoms with Crippen LogP contribution in [0.1, 0.15) is 61.0 Å². The molecule has 0 unspecified atom stereocenters. The molecule has 0 fully saturated rings. The summed E-state index contributed by atoms with van der Waals surface area (Å²) in [6.07, 6.45) is 1.19. The highest BCUT2D eigenvalue weighted by atomic mass is 32.2. The Labute approximate surface area is 180 Å². The van der Waals surface area contributed by atoms with Crippen molar-refractivity contribution in [1.29, 1.82) is 0 Å². The van der Waals surface area contributed by atoms with E-state index in [2.05, 4.69) is 19.2 Å². The SMILES string of the molecule is CNC(=O)c1ccc(C(C)C)c(OC)c1.COc1cc(S(C)(=O)=O)ccc1C(C)C. The smallest absolute Gasteiger partial charge is 0.251 e. The molecule has 30 heavy (non-hydrogen) atoms. The maximum Gasteiger partial charge on any atom is 0.251 e. The number of carbonyl (C=O) groups is 1. The van der Waals surface area contributed by atoms with Crippen LogP contribution in [0, 0.1) is 0 Å². The van der Waals surface area contributed by atoms with Crippen molar-refractivity contribution in [3.63, 3.8) is 0 Å². The van der Waals surface area contributed by atoms with Crippen molar-refractivity contribution in [2.45, 2.75) is 44.4 Å². The molecule has 1 amide bonds. The number of hydrogen-bond acceptors (Lipinski definition) is 5. The number of nitrogens with one attached hydrogen (secondary N) is 1. The van der Waals surface area contributed by atoms with E-state index in [4.69, 9.17) is 9.47 Å². The first-order chi connectivity index (χ1) is 14.0. The second-order valence-corrected chi connectivity index (χ2v) is 9.54. The van der Waals surface area contributed by atoms with E-state index in [1.807, 2.05) is 26.0 Å². The van der Waals surface area contributed by atoms with Gasteiger partial charge in [0.2, 0.25) is 0 Å². The van der Waals surface area contributed by atoms with Gasteiger partial charge in [-0.3, -0.25) is 4.79 Å². The van der Waals surface area contributed by atoms with Crippen molar-refractivity contribution in [2.75, 3.05) is 27.5 Å². The van der Waals surface area contributed by atoms with Crippen LogP contribution in [0.2, 0.25) is 0 Å². The van der Waals surface area contributed by atoms with Crippen LogP contribution < -0.4 is 14.8 Å². The lowest BCUT2D eigenvalue weighted by molar-refractivity contribution is 0.0962. The molecule has 0 aliphatic heterocycles. The normalized spacial score (nSPS) is 11.0. The Morgan fingerprint density at radius 2 is 1.33 bits per heavy atom. The lowest BCUT2D eigenvalue weighted by atomic mass is 10.00. The highest BCUT2D eigenvalue weighted by Crippen LogP contribution is 2.29. The van der Waals surface area contributed by atoms with Gasteiger partial charge in [-0.05, 0) is 47.2 Å². The maximum absolute atomic E-state index is 11.4. The number of rotatable bonds is 6. The van der Waals surface area contributed by atoms with Crippen LogP contribution in [0.3, 0.4) is 0 Å². The maximum atomic E-state index is 11.4. The summed E-state index contributed by atoms with van der Waals surface area (Å²) in [6.45, 7) is 8.27. The van der Waals surface area contributed by atoms with Gasteiger partial charge in [0, 0.05) is 18.9 Å². The van der Waals surface area contributed by atoms with E-state index in [1.165, 1.54) is 6.26 Å². The van der Waals surface area contributed by atoms with Crippen LogP contribution in [-0.4, -0.2) is 41.8 Å². The molecule has 0 saturated heterocycles. The van der Waals surface area contributed by atoms with Gasteiger partial charge in [-0.15, -0.1) is 0 Å². The zero-order valence-electron chi connectivity index (χ0n) is 19.1. The first-order valence-electron chi connectivity index (χ1n) is 9.74. The first kappa shape index (κ1) is 25.5. The number of methoxy groups -OCH3 is 2. The largest absolute Gasteiger partial charge is 0.496 e. The molecule has 0 aliphatic carbocycles. The molecule has 0 heterocycles. The van der Waals surface area contributed by atoms with Crippen molar-refractivity contribution in [2.24, 2.45) is 0 Å². The number of ether oxygens (including phenoxy) is 2. The molecule has 2 aromatic rings. The van der Waals surface area contributed by atoms with E-state index in [1.54, 1.807) is 45.5 Å². The molecule has 0 spiro atoms. The Hall–Kier alpha value is -2.54. The van der Waals surface area contributed by atoms with Gasteiger partial charge in [0.05, 0.1) is 19.1 Å².